The predicted molar refractivity (Wildman–Crippen MR) is 40.5 cm³/mol. The van der Waals surface area contributed by atoms with Gasteiger partial charge >= 0.3 is 35.8 Å². The van der Waals surface area contributed by atoms with Gasteiger partial charge in [0.1, 0.15) is 0 Å². The molecular weight excluding hydrogens is 250 g/mol. The van der Waals surface area contributed by atoms with E-state index in [9.17, 15) is 25.4 Å². The Morgan fingerprint density at radius 2 is 1.46 bits per heavy atom. The fourth-order valence-electron chi connectivity index (χ4n) is 0.404. The number of halogens is 1. The van der Waals surface area contributed by atoms with Crippen LogP contribution in [0.3, 0.4) is 0 Å². The summed E-state index contributed by atoms with van der Waals surface area (Å²) in [5.41, 5.74) is 0. The standard InChI is InChI=1S/CH2BFO7S3/c2-1(3)12(5,6)9-11(4)10-13(1,7)8/h2H2. The Hall–Kier alpha value is -0.0351. The van der Waals surface area contributed by atoms with E-state index in [2.05, 4.69) is 7.26 Å². The summed E-state index contributed by atoms with van der Waals surface area (Å²) in [6.45, 7) is 0. The predicted octanol–water partition coefficient (Wildman–Crippen LogP) is -2.51. The van der Waals surface area contributed by atoms with Crippen molar-refractivity contribution in [2.75, 3.05) is 0 Å². The minimum absolute atomic E-state index is 0.216. The fourth-order valence-corrected chi connectivity index (χ4v) is 4.34. The molecule has 0 bridgehead atoms. The minimum Gasteiger partial charge on any atom is -0.214 e. The Bertz CT molecular complexity index is 404. The molecule has 0 N–H and O–H groups in total. The van der Waals surface area contributed by atoms with Gasteiger partial charge in [0.25, 0.3) is 0 Å². The maximum absolute atomic E-state index is 13.0. The van der Waals surface area contributed by atoms with Crippen LogP contribution in [-0.2, 0) is 38.9 Å². The molecule has 1 aliphatic rings. The second kappa shape index (κ2) is 2.73. The van der Waals surface area contributed by atoms with Crippen LogP contribution in [0.1, 0.15) is 0 Å². The first-order valence-electron chi connectivity index (χ1n) is 2.60. The van der Waals surface area contributed by atoms with Crippen molar-refractivity contribution < 1.29 is 32.7 Å². The summed E-state index contributed by atoms with van der Waals surface area (Å²) in [4.78, 5) is 0. The molecule has 13 heavy (non-hydrogen) atoms. The molecule has 1 rings (SSSR count). The van der Waals surface area contributed by atoms with Gasteiger partial charge in [0.15, 0.2) is 7.85 Å². The van der Waals surface area contributed by atoms with Gasteiger partial charge in [-0.1, -0.05) is 0 Å². The van der Waals surface area contributed by atoms with Gasteiger partial charge in [-0.2, -0.15) is 21.0 Å². The van der Waals surface area contributed by atoms with E-state index in [0.717, 1.165) is 0 Å². The molecule has 7 nitrogen and oxygen atoms in total. The van der Waals surface area contributed by atoms with Crippen LogP contribution in [0.4, 0.5) is 4.39 Å². The summed E-state index contributed by atoms with van der Waals surface area (Å²) in [5.74, 6) is 0. The van der Waals surface area contributed by atoms with Gasteiger partial charge in [0.05, 0.1) is 0 Å². The highest BCUT2D eigenvalue weighted by atomic mass is 32.3. The molecule has 0 amide bonds. The molecule has 0 saturated carbocycles. The fraction of sp³-hybridized carbons (Fsp3) is 1.00. The largest absolute Gasteiger partial charge is 0.336 e. The molecule has 0 unspecified atom stereocenters. The molecular formula is CH2BFO7S3. The topological polar surface area (TPSA) is 104 Å². The van der Waals surface area contributed by atoms with Gasteiger partial charge in [0.2, 0.25) is 0 Å². The molecule has 1 heterocycles. The third-order valence-corrected chi connectivity index (χ3v) is 6.52. The number of hydrogen-bond acceptors (Lipinski definition) is 7. The van der Waals surface area contributed by atoms with Gasteiger partial charge < -0.3 is 0 Å². The molecule has 0 atom stereocenters. The molecule has 0 aromatic carbocycles. The second-order valence-corrected chi connectivity index (χ2v) is 7.19. The monoisotopic (exact) mass is 252 g/mol. The summed E-state index contributed by atoms with van der Waals surface area (Å²) >= 11 is -3.04. The van der Waals surface area contributed by atoms with E-state index in [1.165, 1.54) is 0 Å². The first-order valence-corrected chi connectivity index (χ1v) is 6.41. The molecule has 76 valence electrons. The summed E-state index contributed by atoms with van der Waals surface area (Å²) in [5, 5.41) is 0. The molecule has 0 spiro atoms. The zero-order valence-electron chi connectivity index (χ0n) is 5.96. The lowest BCUT2D eigenvalue weighted by Gasteiger charge is -2.22. The van der Waals surface area contributed by atoms with Gasteiger partial charge in [-0.15, -0.1) is 7.26 Å². The average molecular weight is 252 g/mol. The van der Waals surface area contributed by atoms with Crippen LogP contribution in [0.25, 0.3) is 0 Å². The zero-order chi connectivity index (χ0) is 10.5. The van der Waals surface area contributed by atoms with E-state index in [1.807, 2.05) is 0 Å². The number of alkyl halides is 1. The van der Waals surface area contributed by atoms with Crippen molar-refractivity contribution in [2.24, 2.45) is 0 Å². The lowest BCUT2D eigenvalue weighted by Crippen LogP contribution is -2.49. The van der Waals surface area contributed by atoms with Crippen LogP contribution in [-0.4, -0.2) is 33.1 Å². The Balaban J connectivity index is 3.45. The Morgan fingerprint density at radius 3 is 1.77 bits per heavy atom. The lowest BCUT2D eigenvalue weighted by molar-refractivity contribution is 0.345. The van der Waals surface area contributed by atoms with Crippen molar-refractivity contribution in [3.63, 3.8) is 0 Å². The van der Waals surface area contributed by atoms with E-state index in [0.29, 0.717) is 0 Å². The van der Waals surface area contributed by atoms with Gasteiger partial charge in [-0.05, 0) is 0 Å². The van der Waals surface area contributed by atoms with E-state index in [1.54, 1.807) is 0 Å². The van der Waals surface area contributed by atoms with Gasteiger partial charge in [0, 0.05) is 0 Å². The van der Waals surface area contributed by atoms with Crippen LogP contribution < -0.4 is 0 Å². The van der Waals surface area contributed by atoms with Crippen LogP contribution in [0.5, 0.6) is 0 Å². The SMILES string of the molecule is BC1(F)S(=O)(=O)OS(=O)OS1(=O)=O. The Morgan fingerprint density at radius 1 is 1.15 bits per heavy atom. The maximum Gasteiger partial charge on any atom is 0.336 e. The van der Waals surface area contributed by atoms with Crippen LogP contribution in [0.15, 0.2) is 0 Å². The lowest BCUT2D eigenvalue weighted by atomic mass is 10.2. The average Bonchev–Trinajstić information content (AvgIpc) is 1.80. The molecule has 1 aliphatic heterocycles. The molecule has 12 heteroatoms. The van der Waals surface area contributed by atoms with Gasteiger partial charge in [-0.3, -0.25) is 0 Å². The van der Waals surface area contributed by atoms with Crippen molar-refractivity contribution in [2.45, 2.75) is 4.23 Å². The smallest absolute Gasteiger partial charge is 0.214 e. The highest BCUT2D eigenvalue weighted by molar-refractivity contribution is 8.15. The van der Waals surface area contributed by atoms with E-state index in [4.69, 9.17) is 0 Å². The molecule has 0 aromatic heterocycles. The normalized spacial score (nSPS) is 42.7. The van der Waals surface area contributed by atoms with Gasteiger partial charge in [-0.25, -0.2) is 4.39 Å². The van der Waals surface area contributed by atoms with Crippen molar-refractivity contribution in [3.05, 3.63) is 0 Å². The van der Waals surface area contributed by atoms with E-state index in [-0.39, 0.29) is 7.85 Å². The first kappa shape index (κ1) is 11.0. The van der Waals surface area contributed by atoms with Crippen molar-refractivity contribution >= 4 is 39.4 Å². The van der Waals surface area contributed by atoms with Crippen molar-refractivity contribution in [1.29, 1.82) is 0 Å². The van der Waals surface area contributed by atoms with E-state index >= 15 is 0 Å². The molecule has 1 saturated heterocycles. The summed E-state index contributed by atoms with van der Waals surface area (Å²) in [7, 11) is -9.98. The van der Waals surface area contributed by atoms with Crippen LogP contribution in [0, 0.1) is 0 Å². The van der Waals surface area contributed by atoms with E-state index < -0.39 is 35.8 Å². The van der Waals surface area contributed by atoms with Crippen LogP contribution >= 0.6 is 0 Å². The second-order valence-electron chi connectivity index (χ2n) is 2.08. The molecule has 1 fully saturated rings. The first-order chi connectivity index (χ1) is 5.60. The van der Waals surface area contributed by atoms with Crippen molar-refractivity contribution in [1.82, 2.24) is 0 Å². The van der Waals surface area contributed by atoms with Crippen LogP contribution in [0.2, 0.25) is 0 Å². The third-order valence-electron chi connectivity index (χ3n) is 1.18. The zero-order valence-corrected chi connectivity index (χ0v) is 8.41. The summed E-state index contributed by atoms with van der Waals surface area (Å²) in [6, 6.07) is 0. The number of rotatable bonds is 0. The third kappa shape index (κ3) is 1.52. The Labute approximate surface area is 76.7 Å². The summed E-state index contributed by atoms with van der Waals surface area (Å²) < 4.78 is 69.3. The highest BCUT2D eigenvalue weighted by Gasteiger charge is 2.59. The number of hydrogen-bond donors (Lipinski definition) is 0. The molecule has 0 aromatic rings. The highest BCUT2D eigenvalue weighted by Crippen LogP contribution is 2.32. The molecule has 0 aliphatic carbocycles. The quantitative estimate of drug-likeness (QED) is 0.438. The van der Waals surface area contributed by atoms with Crippen molar-refractivity contribution in [3.8, 4) is 0 Å². The molecule has 0 radical (unpaired) electrons. The minimum atomic E-state index is -5.10. The Kier molecular flexibility index (Phi) is 2.32. The maximum atomic E-state index is 13.0. The summed E-state index contributed by atoms with van der Waals surface area (Å²) in [6.07, 6.45) is 0.